The zero-order valence-corrected chi connectivity index (χ0v) is 7.02. The van der Waals surface area contributed by atoms with Gasteiger partial charge in [0.05, 0.1) is 6.10 Å². The Labute approximate surface area is 62.6 Å². The predicted molar refractivity (Wildman–Crippen MR) is 42.8 cm³/mol. The molecule has 0 aliphatic carbocycles. The first-order valence-corrected chi connectivity index (χ1v) is 3.61. The molecule has 0 amide bonds. The van der Waals surface area contributed by atoms with Crippen molar-refractivity contribution in [3.05, 3.63) is 0 Å². The number of β-amino-alcohol motifs (C(OH)–C–C–N with tert-alkyl or cyclic N) is 1. The van der Waals surface area contributed by atoms with E-state index in [1.807, 2.05) is 13.8 Å². The topological polar surface area (TPSA) is 58.3 Å². The average molecular weight is 146 g/mol. The lowest BCUT2D eigenvalue weighted by atomic mass is 10.1. The first-order valence-electron chi connectivity index (χ1n) is 3.61. The van der Waals surface area contributed by atoms with Crippen molar-refractivity contribution in [2.45, 2.75) is 32.4 Å². The van der Waals surface area contributed by atoms with Crippen molar-refractivity contribution in [1.29, 1.82) is 0 Å². The summed E-state index contributed by atoms with van der Waals surface area (Å²) in [6.45, 7) is 6.95. The van der Waals surface area contributed by atoms with E-state index in [2.05, 4.69) is 5.32 Å². The zero-order valence-electron chi connectivity index (χ0n) is 7.02. The largest absolute Gasteiger partial charge is 0.392 e. The molecule has 0 heterocycles. The van der Waals surface area contributed by atoms with Crippen LogP contribution in [-0.2, 0) is 0 Å². The molecule has 1 atom stereocenters. The molecule has 0 aliphatic heterocycles. The highest BCUT2D eigenvalue weighted by Crippen LogP contribution is 1.97. The highest BCUT2D eigenvalue weighted by Gasteiger charge is 2.14. The molecule has 0 aromatic rings. The molecule has 0 saturated carbocycles. The number of rotatable bonds is 4. The SMILES string of the molecule is C[C@H](O)CNC(C)(C)CN. The predicted octanol–water partition coefficient (Wildman–Crippen LogP) is -0.306. The van der Waals surface area contributed by atoms with Crippen molar-refractivity contribution in [2.75, 3.05) is 13.1 Å². The van der Waals surface area contributed by atoms with Crippen LogP contribution in [0.3, 0.4) is 0 Å². The van der Waals surface area contributed by atoms with Crippen LogP contribution in [0.1, 0.15) is 20.8 Å². The third-order valence-electron chi connectivity index (χ3n) is 1.39. The lowest BCUT2D eigenvalue weighted by molar-refractivity contribution is 0.177. The molecule has 3 heteroatoms. The van der Waals surface area contributed by atoms with Gasteiger partial charge in [0.1, 0.15) is 0 Å². The van der Waals surface area contributed by atoms with Gasteiger partial charge in [0, 0.05) is 18.6 Å². The standard InChI is InChI=1S/C7H18N2O/c1-6(10)4-9-7(2,3)5-8/h6,9-10H,4-5,8H2,1-3H3/t6-/m0/s1. The monoisotopic (exact) mass is 146 g/mol. The van der Waals surface area contributed by atoms with Crippen LogP contribution in [0.2, 0.25) is 0 Å². The minimum absolute atomic E-state index is 0.0585. The maximum atomic E-state index is 8.91. The third kappa shape index (κ3) is 4.73. The Morgan fingerprint density at radius 2 is 2.10 bits per heavy atom. The summed E-state index contributed by atoms with van der Waals surface area (Å²) in [5, 5.41) is 12.0. The second kappa shape index (κ2) is 3.91. The maximum Gasteiger partial charge on any atom is 0.0636 e. The summed E-state index contributed by atoms with van der Waals surface area (Å²) >= 11 is 0. The van der Waals surface area contributed by atoms with Gasteiger partial charge in [0.2, 0.25) is 0 Å². The van der Waals surface area contributed by atoms with Gasteiger partial charge in [-0.25, -0.2) is 0 Å². The van der Waals surface area contributed by atoms with Crippen LogP contribution in [0, 0.1) is 0 Å². The second-order valence-electron chi connectivity index (χ2n) is 3.32. The average Bonchev–Trinajstić information content (AvgIpc) is 1.85. The van der Waals surface area contributed by atoms with E-state index in [1.165, 1.54) is 0 Å². The summed E-state index contributed by atoms with van der Waals surface area (Å²) in [6.07, 6.45) is -0.300. The van der Waals surface area contributed by atoms with Crippen LogP contribution in [0.4, 0.5) is 0 Å². The highest BCUT2D eigenvalue weighted by molar-refractivity contribution is 4.78. The molecule has 62 valence electrons. The number of nitrogens with two attached hydrogens (primary N) is 1. The molecule has 0 aromatic heterocycles. The van der Waals surface area contributed by atoms with Gasteiger partial charge in [-0.3, -0.25) is 0 Å². The van der Waals surface area contributed by atoms with E-state index in [9.17, 15) is 0 Å². The molecule has 0 radical (unpaired) electrons. The van der Waals surface area contributed by atoms with Gasteiger partial charge in [0.15, 0.2) is 0 Å². The third-order valence-corrected chi connectivity index (χ3v) is 1.39. The molecule has 0 rings (SSSR count). The molecule has 3 nitrogen and oxygen atoms in total. The van der Waals surface area contributed by atoms with Crippen LogP contribution in [0.5, 0.6) is 0 Å². The minimum Gasteiger partial charge on any atom is -0.392 e. The lowest BCUT2D eigenvalue weighted by Crippen LogP contribution is -2.48. The van der Waals surface area contributed by atoms with Crippen molar-refractivity contribution in [3.63, 3.8) is 0 Å². The van der Waals surface area contributed by atoms with E-state index in [1.54, 1.807) is 6.92 Å². The van der Waals surface area contributed by atoms with E-state index in [-0.39, 0.29) is 11.6 Å². The number of hydrogen-bond donors (Lipinski definition) is 3. The highest BCUT2D eigenvalue weighted by atomic mass is 16.3. The zero-order chi connectivity index (χ0) is 8.20. The minimum atomic E-state index is -0.300. The summed E-state index contributed by atoms with van der Waals surface area (Å²) in [4.78, 5) is 0. The van der Waals surface area contributed by atoms with Crippen LogP contribution in [0.15, 0.2) is 0 Å². The molecular formula is C7H18N2O. The van der Waals surface area contributed by atoms with E-state index in [0.29, 0.717) is 13.1 Å². The smallest absolute Gasteiger partial charge is 0.0636 e. The normalized spacial score (nSPS) is 15.3. The summed E-state index contributed by atoms with van der Waals surface area (Å²) in [6, 6.07) is 0. The number of aliphatic hydroxyl groups is 1. The molecule has 10 heavy (non-hydrogen) atoms. The molecule has 0 aliphatic rings. The van der Waals surface area contributed by atoms with Gasteiger partial charge < -0.3 is 16.2 Å². The van der Waals surface area contributed by atoms with Crippen molar-refractivity contribution in [2.24, 2.45) is 5.73 Å². The van der Waals surface area contributed by atoms with Crippen LogP contribution >= 0.6 is 0 Å². The second-order valence-corrected chi connectivity index (χ2v) is 3.32. The van der Waals surface area contributed by atoms with Crippen molar-refractivity contribution >= 4 is 0 Å². The Morgan fingerprint density at radius 3 is 2.40 bits per heavy atom. The van der Waals surface area contributed by atoms with Gasteiger partial charge in [-0.05, 0) is 20.8 Å². The summed E-state index contributed by atoms with van der Waals surface area (Å²) < 4.78 is 0. The molecule has 4 N–H and O–H groups in total. The lowest BCUT2D eigenvalue weighted by Gasteiger charge is -2.24. The number of aliphatic hydroxyl groups excluding tert-OH is 1. The fraction of sp³-hybridized carbons (Fsp3) is 1.00. The first kappa shape index (κ1) is 9.88. The van der Waals surface area contributed by atoms with Gasteiger partial charge in [-0.1, -0.05) is 0 Å². The fourth-order valence-electron chi connectivity index (χ4n) is 0.496. The molecule has 0 unspecified atom stereocenters. The Balaban J connectivity index is 3.46. The van der Waals surface area contributed by atoms with E-state index in [0.717, 1.165) is 0 Å². The van der Waals surface area contributed by atoms with Crippen LogP contribution < -0.4 is 11.1 Å². The summed E-state index contributed by atoms with van der Waals surface area (Å²) in [5.74, 6) is 0. The quantitative estimate of drug-likeness (QED) is 0.510. The maximum absolute atomic E-state index is 8.91. The number of nitrogens with one attached hydrogen (secondary N) is 1. The van der Waals surface area contributed by atoms with E-state index >= 15 is 0 Å². The molecular weight excluding hydrogens is 128 g/mol. The summed E-state index contributed by atoms with van der Waals surface area (Å²) in [7, 11) is 0. The Kier molecular flexibility index (Phi) is 3.86. The first-order chi connectivity index (χ1) is 4.48. The van der Waals surface area contributed by atoms with E-state index in [4.69, 9.17) is 10.8 Å². The van der Waals surface area contributed by atoms with Gasteiger partial charge in [-0.15, -0.1) is 0 Å². The Hall–Kier alpha value is -0.120. The number of hydrogen-bond acceptors (Lipinski definition) is 3. The van der Waals surface area contributed by atoms with Crippen molar-refractivity contribution < 1.29 is 5.11 Å². The van der Waals surface area contributed by atoms with Gasteiger partial charge in [0.25, 0.3) is 0 Å². The Bertz CT molecular complexity index is 91.6. The van der Waals surface area contributed by atoms with E-state index < -0.39 is 0 Å². The molecule has 0 spiro atoms. The molecule has 0 bridgehead atoms. The van der Waals surface area contributed by atoms with Crippen molar-refractivity contribution in [1.82, 2.24) is 5.32 Å². The Morgan fingerprint density at radius 1 is 1.60 bits per heavy atom. The molecule has 0 fully saturated rings. The molecule has 0 saturated heterocycles. The van der Waals surface area contributed by atoms with Crippen LogP contribution in [-0.4, -0.2) is 29.8 Å². The van der Waals surface area contributed by atoms with Gasteiger partial charge in [-0.2, -0.15) is 0 Å². The van der Waals surface area contributed by atoms with Gasteiger partial charge >= 0.3 is 0 Å². The van der Waals surface area contributed by atoms with Crippen LogP contribution in [0.25, 0.3) is 0 Å². The molecule has 0 aromatic carbocycles. The summed E-state index contributed by atoms with van der Waals surface area (Å²) in [5.41, 5.74) is 5.39. The van der Waals surface area contributed by atoms with Crippen molar-refractivity contribution in [3.8, 4) is 0 Å². The fourth-order valence-corrected chi connectivity index (χ4v) is 0.496.